The average molecular weight is 221 g/mol. The van der Waals surface area contributed by atoms with Gasteiger partial charge in [-0.1, -0.05) is 12.1 Å². The van der Waals surface area contributed by atoms with E-state index in [1.165, 1.54) is 5.56 Å². The predicted molar refractivity (Wildman–Crippen MR) is 66.6 cm³/mol. The molecule has 3 N–H and O–H groups in total. The number of carbonyl (C=O) groups excluding carboxylic acids is 1. The summed E-state index contributed by atoms with van der Waals surface area (Å²) >= 11 is 0. The lowest BCUT2D eigenvalue weighted by Gasteiger charge is -2.11. The van der Waals surface area contributed by atoms with Crippen molar-refractivity contribution in [2.45, 2.75) is 19.9 Å². The van der Waals surface area contributed by atoms with E-state index in [0.29, 0.717) is 12.6 Å². The minimum Gasteiger partial charge on any atom is -0.338 e. The Labute approximate surface area is 96.4 Å². The van der Waals surface area contributed by atoms with Gasteiger partial charge in [-0.2, -0.15) is 0 Å². The smallest absolute Gasteiger partial charge is 0.319 e. The molecule has 0 aliphatic carbocycles. The van der Waals surface area contributed by atoms with Gasteiger partial charge in [0.1, 0.15) is 0 Å². The fraction of sp³-hybridized carbons (Fsp3) is 0.417. The third-order valence-corrected chi connectivity index (χ3v) is 2.44. The van der Waals surface area contributed by atoms with E-state index in [0.717, 1.165) is 5.69 Å². The Bertz CT molecular complexity index is 335. The summed E-state index contributed by atoms with van der Waals surface area (Å²) in [5.74, 6) is 0. The van der Waals surface area contributed by atoms with Crippen molar-refractivity contribution < 1.29 is 4.79 Å². The molecule has 1 aromatic rings. The normalized spacial score (nSPS) is 11.9. The van der Waals surface area contributed by atoms with Gasteiger partial charge in [-0.3, -0.25) is 0 Å². The van der Waals surface area contributed by atoms with Crippen molar-refractivity contribution in [3.63, 3.8) is 0 Å². The second-order valence-electron chi connectivity index (χ2n) is 3.62. The Hall–Kier alpha value is -1.55. The van der Waals surface area contributed by atoms with Gasteiger partial charge in [-0.15, -0.1) is 0 Å². The standard InChI is InChI=1S/C12H19N3O/c1-4-14-12(16)15-11-7-5-10(6-8-11)9(2)13-3/h5-9,13H,4H2,1-3H3,(H2,14,15,16). The maximum absolute atomic E-state index is 11.3. The van der Waals surface area contributed by atoms with Gasteiger partial charge in [0.05, 0.1) is 0 Å². The molecule has 4 heteroatoms. The maximum Gasteiger partial charge on any atom is 0.319 e. The molecule has 1 atom stereocenters. The zero-order valence-corrected chi connectivity index (χ0v) is 10.0. The lowest BCUT2D eigenvalue weighted by atomic mass is 10.1. The van der Waals surface area contributed by atoms with Crippen molar-refractivity contribution in [2.75, 3.05) is 18.9 Å². The van der Waals surface area contributed by atoms with Crippen LogP contribution >= 0.6 is 0 Å². The molecular formula is C12H19N3O. The SMILES string of the molecule is CCNC(=O)Nc1ccc(C(C)NC)cc1. The highest BCUT2D eigenvalue weighted by atomic mass is 16.2. The molecule has 4 nitrogen and oxygen atoms in total. The molecule has 1 rings (SSSR count). The number of amides is 2. The Morgan fingerprint density at radius 3 is 2.44 bits per heavy atom. The summed E-state index contributed by atoms with van der Waals surface area (Å²) < 4.78 is 0. The number of anilines is 1. The minimum atomic E-state index is -0.170. The Morgan fingerprint density at radius 1 is 1.31 bits per heavy atom. The lowest BCUT2D eigenvalue weighted by molar-refractivity contribution is 0.252. The number of hydrogen-bond donors (Lipinski definition) is 3. The summed E-state index contributed by atoms with van der Waals surface area (Å²) in [4.78, 5) is 11.3. The Kier molecular flexibility index (Phi) is 4.79. The number of hydrogen-bond acceptors (Lipinski definition) is 2. The summed E-state index contributed by atoms with van der Waals surface area (Å²) in [5, 5.41) is 8.60. The molecule has 0 radical (unpaired) electrons. The first-order valence-corrected chi connectivity index (χ1v) is 5.49. The fourth-order valence-corrected chi connectivity index (χ4v) is 1.36. The number of rotatable bonds is 4. The highest BCUT2D eigenvalue weighted by molar-refractivity contribution is 5.89. The van der Waals surface area contributed by atoms with Crippen molar-refractivity contribution in [3.8, 4) is 0 Å². The summed E-state index contributed by atoms with van der Waals surface area (Å²) in [6, 6.07) is 7.96. The third-order valence-electron chi connectivity index (χ3n) is 2.44. The molecule has 16 heavy (non-hydrogen) atoms. The molecule has 0 bridgehead atoms. The van der Waals surface area contributed by atoms with Crippen molar-refractivity contribution in [1.29, 1.82) is 0 Å². The van der Waals surface area contributed by atoms with Crippen LogP contribution in [0.2, 0.25) is 0 Å². The van der Waals surface area contributed by atoms with E-state index in [2.05, 4.69) is 22.9 Å². The van der Waals surface area contributed by atoms with Crippen LogP contribution < -0.4 is 16.0 Å². The molecule has 0 saturated carbocycles. The van der Waals surface area contributed by atoms with E-state index in [1.807, 2.05) is 38.2 Å². The van der Waals surface area contributed by atoms with Gasteiger partial charge in [0.2, 0.25) is 0 Å². The first-order valence-electron chi connectivity index (χ1n) is 5.49. The molecule has 0 saturated heterocycles. The number of carbonyl (C=O) groups is 1. The number of urea groups is 1. The van der Waals surface area contributed by atoms with Crippen molar-refractivity contribution in [1.82, 2.24) is 10.6 Å². The highest BCUT2D eigenvalue weighted by Gasteiger charge is 2.03. The van der Waals surface area contributed by atoms with E-state index in [9.17, 15) is 4.79 Å². The average Bonchev–Trinajstić information content (AvgIpc) is 2.29. The first kappa shape index (κ1) is 12.5. The summed E-state index contributed by atoms with van der Waals surface area (Å²) in [6.07, 6.45) is 0. The van der Waals surface area contributed by atoms with E-state index in [-0.39, 0.29) is 6.03 Å². The van der Waals surface area contributed by atoms with Gasteiger partial charge in [0.15, 0.2) is 0 Å². The van der Waals surface area contributed by atoms with Crippen LogP contribution in [-0.4, -0.2) is 19.6 Å². The summed E-state index contributed by atoms with van der Waals surface area (Å²) in [5.41, 5.74) is 2.00. The quantitative estimate of drug-likeness (QED) is 0.729. The lowest BCUT2D eigenvalue weighted by Crippen LogP contribution is -2.28. The molecule has 0 fully saturated rings. The molecule has 0 aliphatic heterocycles. The second-order valence-corrected chi connectivity index (χ2v) is 3.62. The predicted octanol–water partition coefficient (Wildman–Crippen LogP) is 2.11. The minimum absolute atomic E-state index is 0.170. The van der Waals surface area contributed by atoms with E-state index < -0.39 is 0 Å². The van der Waals surface area contributed by atoms with Crippen LogP contribution in [0.3, 0.4) is 0 Å². The fourth-order valence-electron chi connectivity index (χ4n) is 1.36. The summed E-state index contributed by atoms with van der Waals surface area (Å²) in [7, 11) is 1.92. The molecule has 2 amide bonds. The van der Waals surface area contributed by atoms with E-state index >= 15 is 0 Å². The zero-order valence-electron chi connectivity index (χ0n) is 10.0. The van der Waals surface area contributed by atoms with Crippen molar-refractivity contribution >= 4 is 11.7 Å². The van der Waals surface area contributed by atoms with Crippen molar-refractivity contribution in [3.05, 3.63) is 29.8 Å². The molecule has 88 valence electrons. The van der Waals surface area contributed by atoms with Crippen LogP contribution in [0.15, 0.2) is 24.3 Å². The van der Waals surface area contributed by atoms with Crippen LogP contribution in [0.1, 0.15) is 25.5 Å². The molecule has 1 unspecified atom stereocenters. The van der Waals surface area contributed by atoms with Gasteiger partial charge >= 0.3 is 6.03 Å². The van der Waals surface area contributed by atoms with Crippen LogP contribution in [-0.2, 0) is 0 Å². The van der Waals surface area contributed by atoms with E-state index in [1.54, 1.807) is 0 Å². The maximum atomic E-state index is 11.3. The van der Waals surface area contributed by atoms with Gasteiger partial charge in [-0.05, 0) is 38.6 Å². The van der Waals surface area contributed by atoms with Gasteiger partial charge in [0, 0.05) is 18.3 Å². The first-order chi connectivity index (χ1) is 7.67. The van der Waals surface area contributed by atoms with Crippen LogP contribution in [0.4, 0.5) is 10.5 Å². The molecule has 0 aromatic heterocycles. The number of benzene rings is 1. The van der Waals surface area contributed by atoms with E-state index in [4.69, 9.17) is 0 Å². The molecular weight excluding hydrogens is 202 g/mol. The number of nitrogens with one attached hydrogen (secondary N) is 3. The highest BCUT2D eigenvalue weighted by Crippen LogP contribution is 2.15. The molecule has 0 heterocycles. The van der Waals surface area contributed by atoms with Gasteiger partial charge in [-0.25, -0.2) is 4.79 Å². The third kappa shape index (κ3) is 3.55. The van der Waals surface area contributed by atoms with Crippen LogP contribution in [0, 0.1) is 0 Å². The zero-order chi connectivity index (χ0) is 12.0. The summed E-state index contributed by atoms with van der Waals surface area (Å²) in [6.45, 7) is 4.60. The molecule has 0 aliphatic rings. The van der Waals surface area contributed by atoms with Crippen molar-refractivity contribution in [2.24, 2.45) is 0 Å². The van der Waals surface area contributed by atoms with Gasteiger partial charge in [0.25, 0.3) is 0 Å². The Balaban J connectivity index is 2.61. The molecule has 1 aromatic carbocycles. The van der Waals surface area contributed by atoms with Crippen LogP contribution in [0.25, 0.3) is 0 Å². The second kappa shape index (κ2) is 6.12. The van der Waals surface area contributed by atoms with Gasteiger partial charge < -0.3 is 16.0 Å². The topological polar surface area (TPSA) is 53.2 Å². The monoisotopic (exact) mass is 221 g/mol. The Morgan fingerprint density at radius 2 is 1.94 bits per heavy atom. The molecule has 0 spiro atoms. The largest absolute Gasteiger partial charge is 0.338 e. The van der Waals surface area contributed by atoms with Crippen LogP contribution in [0.5, 0.6) is 0 Å².